The van der Waals surface area contributed by atoms with Crippen molar-refractivity contribution >= 4 is 28.6 Å². The first-order chi connectivity index (χ1) is 12.0. The van der Waals surface area contributed by atoms with Crippen LogP contribution in [0.4, 0.5) is 0 Å². The van der Waals surface area contributed by atoms with Gasteiger partial charge in [-0.15, -0.1) is 0 Å². The van der Waals surface area contributed by atoms with Crippen LogP contribution in [0.3, 0.4) is 0 Å². The van der Waals surface area contributed by atoms with Gasteiger partial charge in [-0.2, -0.15) is 0 Å². The predicted octanol–water partition coefficient (Wildman–Crippen LogP) is 4.60. The lowest BCUT2D eigenvalue weighted by Crippen LogP contribution is -2.27. The molecule has 0 aliphatic rings. The van der Waals surface area contributed by atoms with Crippen molar-refractivity contribution in [2.45, 2.75) is 25.4 Å². The van der Waals surface area contributed by atoms with Crippen molar-refractivity contribution < 1.29 is 4.79 Å². The molecule has 0 atom stereocenters. The molecule has 3 aromatic rings. The van der Waals surface area contributed by atoms with Gasteiger partial charge in [0.1, 0.15) is 0 Å². The number of fused-ring (bicyclic) bond motifs is 1. The van der Waals surface area contributed by atoms with Crippen LogP contribution in [0.25, 0.3) is 10.9 Å². The highest BCUT2D eigenvalue weighted by Gasteiger charge is 2.12. The van der Waals surface area contributed by atoms with E-state index in [0.29, 0.717) is 12.3 Å². The smallest absolute Gasteiger partial charge is 0.233 e. The summed E-state index contributed by atoms with van der Waals surface area (Å²) >= 11 is 1.50. The highest BCUT2D eigenvalue weighted by Crippen LogP contribution is 2.25. The highest BCUT2D eigenvalue weighted by atomic mass is 32.2. The first-order valence-electron chi connectivity index (χ1n) is 8.32. The molecule has 1 aromatic heterocycles. The number of carbonyl (C=O) groups excluding carboxylic acids is 1. The quantitative estimate of drug-likeness (QED) is 0.630. The molecule has 0 aliphatic carbocycles. The molecule has 0 saturated carbocycles. The number of hydrogen-bond acceptors (Lipinski definition) is 3. The molecule has 0 spiro atoms. The normalized spacial score (nSPS) is 10.8. The minimum Gasteiger partial charge on any atom is -0.341 e. The molecule has 0 saturated heterocycles. The zero-order valence-electron chi connectivity index (χ0n) is 14.8. The van der Waals surface area contributed by atoms with Gasteiger partial charge in [-0.1, -0.05) is 60.3 Å². The van der Waals surface area contributed by atoms with Crippen LogP contribution in [0, 0.1) is 13.8 Å². The predicted molar refractivity (Wildman–Crippen MR) is 105 cm³/mol. The number of benzene rings is 2. The molecule has 3 nitrogen and oxygen atoms in total. The van der Waals surface area contributed by atoms with Crippen molar-refractivity contribution in [3.05, 3.63) is 71.3 Å². The molecule has 2 aromatic carbocycles. The van der Waals surface area contributed by atoms with Gasteiger partial charge in [0, 0.05) is 19.0 Å². The molecule has 0 bridgehead atoms. The van der Waals surface area contributed by atoms with Crippen LogP contribution in [-0.4, -0.2) is 28.6 Å². The molecule has 0 aliphatic heterocycles. The second-order valence-electron chi connectivity index (χ2n) is 6.27. The molecule has 4 heteroatoms. The Bertz CT molecular complexity index is 893. The number of nitrogens with zero attached hydrogens (tertiary/aromatic N) is 2. The molecule has 0 unspecified atom stereocenters. The number of aromatic nitrogens is 1. The summed E-state index contributed by atoms with van der Waals surface area (Å²) in [6.45, 7) is 4.79. The largest absolute Gasteiger partial charge is 0.341 e. The van der Waals surface area contributed by atoms with Gasteiger partial charge in [-0.3, -0.25) is 4.79 Å². The zero-order chi connectivity index (χ0) is 17.8. The van der Waals surface area contributed by atoms with Crippen molar-refractivity contribution in [2.24, 2.45) is 0 Å². The Balaban J connectivity index is 1.68. The fourth-order valence-electron chi connectivity index (χ4n) is 2.80. The Morgan fingerprint density at radius 2 is 1.80 bits per heavy atom. The number of amides is 1. The number of carbonyl (C=O) groups is 1. The van der Waals surface area contributed by atoms with Gasteiger partial charge in [-0.05, 0) is 36.6 Å². The van der Waals surface area contributed by atoms with Crippen LogP contribution >= 0.6 is 11.8 Å². The Hall–Kier alpha value is -2.33. The van der Waals surface area contributed by atoms with E-state index in [9.17, 15) is 4.79 Å². The Morgan fingerprint density at radius 3 is 2.56 bits per heavy atom. The van der Waals surface area contributed by atoms with E-state index in [1.54, 1.807) is 4.90 Å². The molecule has 0 fully saturated rings. The van der Waals surface area contributed by atoms with Gasteiger partial charge in [0.2, 0.25) is 5.91 Å². The average molecular weight is 350 g/mol. The number of hydrogen-bond donors (Lipinski definition) is 0. The van der Waals surface area contributed by atoms with Crippen molar-refractivity contribution in [3.63, 3.8) is 0 Å². The second-order valence-corrected chi connectivity index (χ2v) is 7.27. The van der Waals surface area contributed by atoms with Crippen LogP contribution in [0.1, 0.15) is 16.7 Å². The fourth-order valence-corrected chi connectivity index (χ4v) is 3.70. The van der Waals surface area contributed by atoms with Crippen molar-refractivity contribution in [3.8, 4) is 0 Å². The first kappa shape index (κ1) is 17.5. The minimum atomic E-state index is 0.109. The van der Waals surface area contributed by atoms with Gasteiger partial charge in [0.15, 0.2) is 0 Å². The molecular formula is C21H22N2OS. The summed E-state index contributed by atoms with van der Waals surface area (Å²) < 4.78 is 0. The third-order valence-corrected chi connectivity index (χ3v) is 5.15. The average Bonchev–Trinajstić information content (AvgIpc) is 2.61. The van der Waals surface area contributed by atoms with Crippen LogP contribution in [0.2, 0.25) is 0 Å². The summed E-state index contributed by atoms with van der Waals surface area (Å²) in [5, 5.41) is 2.08. The maximum atomic E-state index is 12.4. The second kappa shape index (κ2) is 7.70. The third-order valence-electron chi connectivity index (χ3n) is 4.26. The van der Waals surface area contributed by atoms with Crippen LogP contribution in [0.15, 0.2) is 59.6 Å². The molecule has 128 valence electrons. The number of aryl methyl sites for hydroxylation is 2. The maximum Gasteiger partial charge on any atom is 0.233 e. The Kier molecular flexibility index (Phi) is 5.39. The Morgan fingerprint density at radius 1 is 1.04 bits per heavy atom. The van der Waals surface area contributed by atoms with Crippen molar-refractivity contribution in [1.82, 2.24) is 9.88 Å². The van der Waals surface area contributed by atoms with Gasteiger partial charge >= 0.3 is 0 Å². The zero-order valence-corrected chi connectivity index (χ0v) is 15.6. The summed E-state index contributed by atoms with van der Waals surface area (Å²) in [6.07, 6.45) is 0. The topological polar surface area (TPSA) is 33.2 Å². The number of pyridine rings is 1. The van der Waals surface area contributed by atoms with E-state index in [-0.39, 0.29) is 5.91 Å². The standard InChI is InChI=1S/C21H22N2OS/c1-15-8-7-11-18-16(2)12-19(22-21(15)18)25-14-20(24)23(3)13-17-9-5-4-6-10-17/h4-12H,13-14H2,1-3H3. The van der Waals surface area contributed by atoms with Crippen LogP contribution in [-0.2, 0) is 11.3 Å². The van der Waals surface area contributed by atoms with Gasteiger partial charge in [0.05, 0.1) is 16.3 Å². The van der Waals surface area contributed by atoms with E-state index < -0.39 is 0 Å². The molecular weight excluding hydrogens is 328 g/mol. The van der Waals surface area contributed by atoms with E-state index in [0.717, 1.165) is 21.7 Å². The number of rotatable bonds is 5. The molecule has 25 heavy (non-hydrogen) atoms. The summed E-state index contributed by atoms with van der Waals surface area (Å²) in [5.74, 6) is 0.505. The number of para-hydroxylation sites is 1. The van der Waals surface area contributed by atoms with Crippen LogP contribution < -0.4 is 0 Å². The monoisotopic (exact) mass is 350 g/mol. The van der Waals surface area contributed by atoms with Crippen molar-refractivity contribution in [1.29, 1.82) is 0 Å². The molecule has 0 radical (unpaired) electrons. The van der Waals surface area contributed by atoms with E-state index in [1.807, 2.05) is 37.4 Å². The summed E-state index contributed by atoms with van der Waals surface area (Å²) in [5.41, 5.74) is 4.52. The molecule has 0 N–H and O–H groups in total. The molecule has 1 heterocycles. The summed E-state index contributed by atoms with van der Waals surface area (Å²) in [6, 6.07) is 18.3. The molecule has 3 rings (SSSR count). The first-order valence-corrected chi connectivity index (χ1v) is 9.31. The summed E-state index contributed by atoms with van der Waals surface area (Å²) in [7, 11) is 1.85. The third kappa shape index (κ3) is 4.20. The van der Waals surface area contributed by atoms with E-state index in [4.69, 9.17) is 4.98 Å². The SMILES string of the molecule is Cc1cc(SCC(=O)N(C)Cc2ccccc2)nc2c(C)cccc12. The highest BCUT2D eigenvalue weighted by molar-refractivity contribution is 7.99. The van der Waals surface area contributed by atoms with Crippen molar-refractivity contribution in [2.75, 3.05) is 12.8 Å². The van der Waals surface area contributed by atoms with Gasteiger partial charge in [0.25, 0.3) is 0 Å². The lowest BCUT2D eigenvalue weighted by Gasteiger charge is -2.17. The maximum absolute atomic E-state index is 12.4. The lowest BCUT2D eigenvalue weighted by molar-refractivity contribution is -0.127. The summed E-state index contributed by atoms with van der Waals surface area (Å²) in [4.78, 5) is 18.9. The van der Waals surface area contributed by atoms with Crippen LogP contribution in [0.5, 0.6) is 0 Å². The lowest BCUT2D eigenvalue weighted by atomic mass is 10.1. The van der Waals surface area contributed by atoms with E-state index >= 15 is 0 Å². The Labute approximate surface area is 153 Å². The number of thioether (sulfide) groups is 1. The minimum absolute atomic E-state index is 0.109. The van der Waals surface area contributed by atoms with Gasteiger partial charge in [-0.25, -0.2) is 4.98 Å². The molecule has 1 amide bonds. The van der Waals surface area contributed by atoms with E-state index in [2.05, 4.69) is 38.1 Å². The van der Waals surface area contributed by atoms with E-state index in [1.165, 1.54) is 22.7 Å². The van der Waals surface area contributed by atoms with Gasteiger partial charge < -0.3 is 4.90 Å². The fraction of sp³-hybridized carbons (Fsp3) is 0.238.